The van der Waals surface area contributed by atoms with Gasteiger partial charge in [0.25, 0.3) is 0 Å². The molecule has 0 radical (unpaired) electrons. The van der Waals surface area contributed by atoms with Gasteiger partial charge in [0.2, 0.25) is 0 Å². The van der Waals surface area contributed by atoms with E-state index < -0.39 is 0 Å². The molecule has 0 aliphatic rings. The van der Waals surface area contributed by atoms with Crippen LogP contribution in [0.2, 0.25) is 0 Å². The number of allylic oxidation sites excluding steroid dienone is 2. The molecule has 0 aliphatic heterocycles. The molecule has 0 fully saturated rings. The van der Waals surface area contributed by atoms with Crippen LogP contribution in [0.4, 0.5) is 0 Å². The average Bonchev–Trinajstić information content (AvgIpc) is 2.52. The summed E-state index contributed by atoms with van der Waals surface area (Å²) < 4.78 is 0. The second kappa shape index (κ2) is 7.25. The van der Waals surface area contributed by atoms with Crippen LogP contribution in [-0.2, 0) is 4.79 Å². The molecule has 2 rings (SSSR count). The average molecular weight is 262 g/mol. The predicted molar refractivity (Wildman–Crippen MR) is 85.1 cm³/mol. The van der Waals surface area contributed by atoms with E-state index in [0.717, 1.165) is 11.1 Å². The number of carbonyl (C=O) groups is 1. The van der Waals surface area contributed by atoms with Gasteiger partial charge in [0, 0.05) is 5.92 Å². The second-order valence-electron chi connectivity index (χ2n) is 4.70. The van der Waals surface area contributed by atoms with Gasteiger partial charge in [-0.25, -0.2) is 0 Å². The number of ketones is 1. The van der Waals surface area contributed by atoms with Gasteiger partial charge in [-0.05, 0) is 17.2 Å². The molecule has 1 unspecified atom stereocenters. The molecule has 0 saturated heterocycles. The molecule has 1 nitrogen and oxygen atoms in total. The van der Waals surface area contributed by atoms with E-state index in [-0.39, 0.29) is 11.7 Å². The second-order valence-corrected chi connectivity index (χ2v) is 4.70. The quantitative estimate of drug-likeness (QED) is 0.719. The van der Waals surface area contributed by atoms with Crippen molar-refractivity contribution in [2.45, 2.75) is 6.92 Å². The zero-order valence-electron chi connectivity index (χ0n) is 11.6. The Kier molecular flexibility index (Phi) is 5.08. The van der Waals surface area contributed by atoms with Crippen LogP contribution in [0.15, 0.2) is 72.8 Å². The van der Waals surface area contributed by atoms with Crippen molar-refractivity contribution in [2.75, 3.05) is 0 Å². The van der Waals surface area contributed by atoms with Crippen LogP contribution in [-0.4, -0.2) is 5.78 Å². The molecule has 1 atom stereocenters. The molecular weight excluding hydrogens is 244 g/mol. The molecule has 0 N–H and O–H groups in total. The van der Waals surface area contributed by atoms with Gasteiger partial charge in [0.15, 0.2) is 5.78 Å². The highest BCUT2D eigenvalue weighted by Crippen LogP contribution is 2.08. The summed E-state index contributed by atoms with van der Waals surface area (Å²) in [5.41, 5.74) is 2.15. The Morgan fingerprint density at radius 2 is 1.35 bits per heavy atom. The minimum Gasteiger partial charge on any atom is -0.294 e. The Bertz CT molecular complexity index is 594. The van der Waals surface area contributed by atoms with Crippen LogP contribution >= 0.6 is 0 Å². The lowest BCUT2D eigenvalue weighted by Gasteiger charge is -2.01. The smallest absolute Gasteiger partial charge is 0.162 e. The molecule has 0 heterocycles. The van der Waals surface area contributed by atoms with E-state index in [1.54, 1.807) is 6.08 Å². The Morgan fingerprint density at radius 3 is 1.90 bits per heavy atom. The fourth-order valence-electron chi connectivity index (χ4n) is 1.81. The third-order valence-electron chi connectivity index (χ3n) is 3.07. The molecule has 0 spiro atoms. The topological polar surface area (TPSA) is 17.1 Å². The standard InChI is InChI=1S/C19H18O/c1-16(12-13-17-8-4-2-5-9-17)19(20)15-14-18-10-6-3-7-11-18/h2-16H,1H3/b13-12+,15-14+. The molecule has 0 aromatic heterocycles. The summed E-state index contributed by atoms with van der Waals surface area (Å²) in [6, 6.07) is 19.8. The molecule has 0 aliphatic carbocycles. The molecule has 2 aromatic rings. The molecule has 20 heavy (non-hydrogen) atoms. The molecular formula is C19H18O. The highest BCUT2D eigenvalue weighted by molar-refractivity contribution is 5.96. The maximum Gasteiger partial charge on any atom is 0.162 e. The molecule has 0 bridgehead atoms. The van der Waals surface area contributed by atoms with Gasteiger partial charge in [-0.15, -0.1) is 0 Å². The Labute approximate surface area is 120 Å². The van der Waals surface area contributed by atoms with Gasteiger partial charge in [-0.2, -0.15) is 0 Å². The minimum atomic E-state index is -0.116. The summed E-state index contributed by atoms with van der Waals surface area (Å²) in [7, 11) is 0. The highest BCUT2D eigenvalue weighted by atomic mass is 16.1. The fourth-order valence-corrected chi connectivity index (χ4v) is 1.81. The van der Waals surface area contributed by atoms with Gasteiger partial charge in [-0.1, -0.05) is 85.8 Å². The van der Waals surface area contributed by atoms with E-state index in [1.807, 2.05) is 85.8 Å². The SMILES string of the molecule is CC(/C=C/c1ccccc1)C(=O)/C=C/c1ccccc1. The van der Waals surface area contributed by atoms with Crippen LogP contribution in [0.3, 0.4) is 0 Å². The monoisotopic (exact) mass is 262 g/mol. The summed E-state index contributed by atoms with van der Waals surface area (Å²) in [6.45, 7) is 1.91. The maximum atomic E-state index is 12.0. The summed E-state index contributed by atoms with van der Waals surface area (Å²) in [6.07, 6.45) is 7.43. The first-order valence-corrected chi connectivity index (χ1v) is 6.76. The third kappa shape index (κ3) is 4.36. The number of benzene rings is 2. The Morgan fingerprint density at radius 1 is 0.850 bits per heavy atom. The minimum absolute atomic E-state index is 0.112. The number of hydrogen-bond acceptors (Lipinski definition) is 1. The first kappa shape index (κ1) is 14.0. The van der Waals surface area contributed by atoms with Crippen LogP contribution in [0.5, 0.6) is 0 Å². The highest BCUT2D eigenvalue weighted by Gasteiger charge is 2.05. The normalized spacial score (nSPS) is 12.8. The van der Waals surface area contributed by atoms with E-state index in [2.05, 4.69) is 0 Å². The van der Waals surface area contributed by atoms with Crippen molar-refractivity contribution in [3.63, 3.8) is 0 Å². The van der Waals surface area contributed by atoms with Crippen LogP contribution in [0.25, 0.3) is 12.2 Å². The summed E-state index contributed by atoms with van der Waals surface area (Å²) in [4.78, 5) is 12.0. The van der Waals surface area contributed by atoms with Crippen molar-refractivity contribution < 1.29 is 4.79 Å². The van der Waals surface area contributed by atoms with Crippen molar-refractivity contribution >= 4 is 17.9 Å². The van der Waals surface area contributed by atoms with E-state index in [1.165, 1.54) is 0 Å². The molecule has 2 aromatic carbocycles. The van der Waals surface area contributed by atoms with Crippen molar-refractivity contribution in [3.05, 3.63) is 83.9 Å². The van der Waals surface area contributed by atoms with Crippen molar-refractivity contribution in [1.29, 1.82) is 0 Å². The maximum absolute atomic E-state index is 12.0. The van der Waals surface area contributed by atoms with Gasteiger partial charge in [0.1, 0.15) is 0 Å². The van der Waals surface area contributed by atoms with Crippen molar-refractivity contribution in [3.8, 4) is 0 Å². The number of rotatable bonds is 5. The lowest BCUT2D eigenvalue weighted by molar-refractivity contribution is -0.116. The van der Waals surface area contributed by atoms with Crippen LogP contribution in [0, 0.1) is 5.92 Å². The molecule has 100 valence electrons. The van der Waals surface area contributed by atoms with Crippen LogP contribution < -0.4 is 0 Å². The van der Waals surface area contributed by atoms with Crippen LogP contribution in [0.1, 0.15) is 18.1 Å². The first-order valence-electron chi connectivity index (χ1n) is 6.76. The lowest BCUT2D eigenvalue weighted by Crippen LogP contribution is -2.03. The first-order chi connectivity index (χ1) is 9.75. The van der Waals surface area contributed by atoms with Gasteiger partial charge >= 0.3 is 0 Å². The predicted octanol–water partition coefficient (Wildman–Crippen LogP) is 4.62. The van der Waals surface area contributed by atoms with Gasteiger partial charge in [-0.3, -0.25) is 4.79 Å². The summed E-state index contributed by atoms with van der Waals surface area (Å²) >= 11 is 0. The Hall–Kier alpha value is -2.41. The number of hydrogen-bond donors (Lipinski definition) is 0. The molecule has 0 saturated carbocycles. The third-order valence-corrected chi connectivity index (χ3v) is 3.07. The molecule has 1 heteroatoms. The van der Waals surface area contributed by atoms with Crippen molar-refractivity contribution in [1.82, 2.24) is 0 Å². The van der Waals surface area contributed by atoms with E-state index in [9.17, 15) is 4.79 Å². The largest absolute Gasteiger partial charge is 0.294 e. The zero-order chi connectivity index (χ0) is 14.2. The van der Waals surface area contributed by atoms with Gasteiger partial charge in [0.05, 0.1) is 0 Å². The van der Waals surface area contributed by atoms with E-state index in [0.29, 0.717) is 0 Å². The zero-order valence-corrected chi connectivity index (χ0v) is 11.6. The summed E-state index contributed by atoms with van der Waals surface area (Å²) in [5, 5.41) is 0. The van der Waals surface area contributed by atoms with Gasteiger partial charge < -0.3 is 0 Å². The number of carbonyl (C=O) groups excluding carboxylic acids is 1. The van der Waals surface area contributed by atoms with E-state index in [4.69, 9.17) is 0 Å². The lowest BCUT2D eigenvalue weighted by atomic mass is 10.0. The summed E-state index contributed by atoms with van der Waals surface area (Å²) in [5.74, 6) is -0.00352. The van der Waals surface area contributed by atoms with Crippen molar-refractivity contribution in [2.24, 2.45) is 5.92 Å². The van der Waals surface area contributed by atoms with E-state index >= 15 is 0 Å². The fraction of sp³-hybridized carbons (Fsp3) is 0.105. The Balaban J connectivity index is 1.96. The molecule has 0 amide bonds.